The maximum atomic E-state index is 12.3. The summed E-state index contributed by atoms with van der Waals surface area (Å²) in [5.74, 6) is 1.21. The van der Waals surface area contributed by atoms with Gasteiger partial charge in [0.1, 0.15) is 5.78 Å². The van der Waals surface area contributed by atoms with Gasteiger partial charge in [-0.05, 0) is 23.8 Å². The highest BCUT2D eigenvalue weighted by atomic mass is 32.2. The molecule has 1 aromatic carbocycles. The van der Waals surface area contributed by atoms with Crippen LogP contribution in [-0.4, -0.2) is 25.8 Å². The first kappa shape index (κ1) is 18.2. The molecule has 1 aliphatic carbocycles. The molecule has 25 heavy (non-hydrogen) atoms. The van der Waals surface area contributed by atoms with E-state index in [4.69, 9.17) is 0 Å². The minimum Gasteiger partial charge on any atom is -0.305 e. The van der Waals surface area contributed by atoms with Crippen LogP contribution in [0.15, 0.2) is 29.4 Å². The van der Waals surface area contributed by atoms with Crippen LogP contribution in [0.25, 0.3) is 11.4 Å². The van der Waals surface area contributed by atoms with Gasteiger partial charge in [-0.1, -0.05) is 69.6 Å². The Labute approximate surface area is 154 Å². The van der Waals surface area contributed by atoms with Crippen molar-refractivity contribution in [1.82, 2.24) is 14.8 Å². The fourth-order valence-corrected chi connectivity index (χ4v) is 4.29. The Morgan fingerprint density at radius 1 is 1.08 bits per heavy atom. The second-order valence-electron chi connectivity index (χ2n) is 7.86. The van der Waals surface area contributed by atoms with Crippen molar-refractivity contribution in [3.63, 3.8) is 0 Å². The summed E-state index contributed by atoms with van der Waals surface area (Å²) < 4.78 is 2.01. The summed E-state index contributed by atoms with van der Waals surface area (Å²) >= 11 is 1.58. The smallest absolute Gasteiger partial charge is 0.191 e. The third kappa shape index (κ3) is 4.14. The average molecular weight is 358 g/mol. The van der Waals surface area contributed by atoms with Gasteiger partial charge in [-0.15, -0.1) is 10.2 Å². The third-order valence-electron chi connectivity index (χ3n) is 4.84. The fraction of sp³-hybridized carbons (Fsp3) is 0.550. The van der Waals surface area contributed by atoms with Crippen molar-refractivity contribution in [3.8, 4) is 11.4 Å². The van der Waals surface area contributed by atoms with Gasteiger partial charge in [-0.2, -0.15) is 0 Å². The van der Waals surface area contributed by atoms with Crippen molar-refractivity contribution in [1.29, 1.82) is 0 Å². The molecule has 1 heterocycles. The van der Waals surface area contributed by atoms with Gasteiger partial charge < -0.3 is 4.57 Å². The standard InChI is InChI=1S/C20H27N3OS/c1-20(2,3)15-12-10-14(11-13-15)18-21-22-19(23(18)4)25-17-9-7-5-6-8-16(17)24/h10-13,17H,5-9H2,1-4H3/t17-/m1/s1. The van der Waals surface area contributed by atoms with E-state index in [2.05, 4.69) is 55.2 Å². The summed E-state index contributed by atoms with van der Waals surface area (Å²) in [4.78, 5) is 12.3. The summed E-state index contributed by atoms with van der Waals surface area (Å²) in [7, 11) is 1.98. The molecule has 0 amide bonds. The van der Waals surface area contributed by atoms with E-state index < -0.39 is 0 Å². The molecule has 5 heteroatoms. The maximum absolute atomic E-state index is 12.3. The second kappa shape index (κ2) is 7.32. The molecule has 1 saturated carbocycles. The van der Waals surface area contributed by atoms with E-state index >= 15 is 0 Å². The molecule has 0 saturated heterocycles. The van der Waals surface area contributed by atoms with Crippen LogP contribution in [0.4, 0.5) is 0 Å². The summed E-state index contributed by atoms with van der Waals surface area (Å²) in [6, 6.07) is 8.53. The molecular formula is C20H27N3OS. The van der Waals surface area contributed by atoms with Crippen molar-refractivity contribution in [2.24, 2.45) is 7.05 Å². The molecule has 0 bridgehead atoms. The van der Waals surface area contributed by atoms with E-state index in [1.165, 1.54) is 5.56 Å². The van der Waals surface area contributed by atoms with Crippen LogP contribution < -0.4 is 0 Å². The third-order valence-corrected chi connectivity index (χ3v) is 6.19. The van der Waals surface area contributed by atoms with E-state index in [0.717, 1.165) is 42.2 Å². The zero-order chi connectivity index (χ0) is 18.0. The lowest BCUT2D eigenvalue weighted by molar-refractivity contribution is -0.118. The van der Waals surface area contributed by atoms with Gasteiger partial charge in [0.2, 0.25) is 0 Å². The van der Waals surface area contributed by atoms with Crippen molar-refractivity contribution in [3.05, 3.63) is 29.8 Å². The number of benzene rings is 1. The normalized spacial score (nSPS) is 19.0. The Kier molecular flexibility index (Phi) is 5.32. The Balaban J connectivity index is 1.80. The van der Waals surface area contributed by atoms with E-state index in [9.17, 15) is 4.79 Å². The largest absolute Gasteiger partial charge is 0.305 e. The second-order valence-corrected chi connectivity index (χ2v) is 9.03. The van der Waals surface area contributed by atoms with E-state index in [1.807, 2.05) is 11.6 Å². The average Bonchev–Trinajstić information content (AvgIpc) is 2.80. The molecular weight excluding hydrogens is 330 g/mol. The number of hydrogen-bond donors (Lipinski definition) is 0. The zero-order valence-electron chi connectivity index (χ0n) is 15.6. The van der Waals surface area contributed by atoms with E-state index in [-0.39, 0.29) is 10.7 Å². The van der Waals surface area contributed by atoms with Crippen LogP contribution >= 0.6 is 11.8 Å². The van der Waals surface area contributed by atoms with Crippen LogP contribution in [0.5, 0.6) is 0 Å². The monoisotopic (exact) mass is 357 g/mol. The highest BCUT2D eigenvalue weighted by molar-refractivity contribution is 8.00. The number of nitrogens with zero attached hydrogens (tertiary/aromatic N) is 3. The highest BCUT2D eigenvalue weighted by Gasteiger charge is 2.24. The summed E-state index contributed by atoms with van der Waals surface area (Å²) in [5.41, 5.74) is 2.50. The van der Waals surface area contributed by atoms with Gasteiger partial charge in [0.05, 0.1) is 5.25 Å². The predicted molar refractivity (Wildman–Crippen MR) is 103 cm³/mol. The van der Waals surface area contributed by atoms with Crippen LogP contribution in [-0.2, 0) is 17.3 Å². The topological polar surface area (TPSA) is 47.8 Å². The van der Waals surface area contributed by atoms with Crippen LogP contribution in [0, 0.1) is 0 Å². The van der Waals surface area contributed by atoms with Crippen LogP contribution in [0.2, 0.25) is 0 Å². The van der Waals surface area contributed by atoms with Gasteiger partial charge in [0.15, 0.2) is 11.0 Å². The Bertz CT molecular complexity index is 743. The molecule has 1 atom stereocenters. The Hall–Kier alpha value is -1.62. The minimum absolute atomic E-state index is 0.0292. The van der Waals surface area contributed by atoms with E-state index in [1.54, 1.807) is 11.8 Å². The molecule has 134 valence electrons. The minimum atomic E-state index is 0.0292. The van der Waals surface area contributed by atoms with Gasteiger partial charge in [0, 0.05) is 19.0 Å². The number of thioether (sulfide) groups is 1. The highest BCUT2D eigenvalue weighted by Crippen LogP contribution is 2.32. The molecule has 0 aliphatic heterocycles. The lowest BCUT2D eigenvalue weighted by Gasteiger charge is -2.19. The Morgan fingerprint density at radius 3 is 2.48 bits per heavy atom. The van der Waals surface area contributed by atoms with Crippen molar-refractivity contribution >= 4 is 17.5 Å². The Morgan fingerprint density at radius 2 is 1.80 bits per heavy atom. The van der Waals surface area contributed by atoms with Crippen molar-refractivity contribution in [2.45, 2.75) is 68.7 Å². The van der Waals surface area contributed by atoms with Crippen molar-refractivity contribution < 1.29 is 4.79 Å². The number of carbonyl (C=O) groups excluding carboxylic acids is 1. The van der Waals surface area contributed by atoms with Crippen molar-refractivity contribution in [2.75, 3.05) is 0 Å². The number of carbonyl (C=O) groups is 1. The van der Waals surface area contributed by atoms with Crippen LogP contribution in [0.3, 0.4) is 0 Å². The lowest BCUT2D eigenvalue weighted by Crippen LogP contribution is -2.15. The fourth-order valence-electron chi connectivity index (χ4n) is 3.17. The van der Waals surface area contributed by atoms with Gasteiger partial charge in [-0.3, -0.25) is 4.79 Å². The first-order valence-corrected chi connectivity index (χ1v) is 9.94. The van der Waals surface area contributed by atoms with E-state index in [0.29, 0.717) is 12.2 Å². The summed E-state index contributed by atoms with van der Waals surface area (Å²) in [6.45, 7) is 6.63. The summed E-state index contributed by atoms with van der Waals surface area (Å²) in [5, 5.41) is 9.58. The molecule has 1 aliphatic rings. The molecule has 3 rings (SSSR count). The number of aromatic nitrogens is 3. The molecule has 1 fully saturated rings. The van der Waals surface area contributed by atoms with Gasteiger partial charge >= 0.3 is 0 Å². The van der Waals surface area contributed by atoms with Gasteiger partial charge in [-0.25, -0.2) is 0 Å². The number of ketones is 1. The van der Waals surface area contributed by atoms with Gasteiger partial charge in [0.25, 0.3) is 0 Å². The number of rotatable bonds is 3. The molecule has 1 aromatic heterocycles. The zero-order valence-corrected chi connectivity index (χ0v) is 16.4. The molecule has 2 aromatic rings. The molecule has 0 unspecified atom stereocenters. The first-order valence-electron chi connectivity index (χ1n) is 9.06. The quantitative estimate of drug-likeness (QED) is 0.742. The molecule has 0 N–H and O–H groups in total. The van der Waals surface area contributed by atoms with Crippen LogP contribution in [0.1, 0.15) is 58.4 Å². The number of Topliss-reactive ketones (excluding diaryl/α,β-unsaturated/α-hetero) is 1. The molecule has 4 nitrogen and oxygen atoms in total. The maximum Gasteiger partial charge on any atom is 0.191 e. The molecule has 0 spiro atoms. The first-order chi connectivity index (χ1) is 11.9. The SMILES string of the molecule is Cn1c(S[C@@H]2CCCCCC2=O)nnc1-c1ccc(C(C)(C)C)cc1. The summed E-state index contributed by atoms with van der Waals surface area (Å²) in [6.07, 6.45) is 4.97. The number of hydrogen-bond acceptors (Lipinski definition) is 4. The lowest BCUT2D eigenvalue weighted by atomic mass is 9.87. The molecule has 0 radical (unpaired) electrons. The predicted octanol–water partition coefficient (Wildman–Crippen LogP) is 4.77.